The molecule has 0 fully saturated rings. The van der Waals surface area contributed by atoms with Gasteiger partial charge < -0.3 is 9.80 Å². The molecule has 0 aliphatic rings. The molecular formula is C60H72N2. The maximum atomic E-state index is 2.57. The zero-order chi connectivity index (χ0) is 44.0. The number of aryl methyl sites for hydroxylation is 4. The van der Waals surface area contributed by atoms with Crippen LogP contribution in [-0.2, 0) is 23.7 Å². The molecule has 0 radical (unpaired) electrons. The van der Waals surface area contributed by atoms with Gasteiger partial charge >= 0.3 is 0 Å². The van der Waals surface area contributed by atoms with Crippen molar-refractivity contribution in [3.8, 4) is 0 Å². The lowest BCUT2D eigenvalue weighted by Gasteiger charge is -2.34. The third kappa shape index (κ3) is 10.1. The Morgan fingerprint density at radius 1 is 0.371 bits per heavy atom. The van der Waals surface area contributed by atoms with Gasteiger partial charge in [0.2, 0.25) is 0 Å². The maximum Gasteiger partial charge on any atom is 0.0620 e. The van der Waals surface area contributed by atoms with Gasteiger partial charge in [-0.1, -0.05) is 178 Å². The summed E-state index contributed by atoms with van der Waals surface area (Å²) in [6, 6.07) is 51.8. The molecule has 62 heavy (non-hydrogen) atoms. The molecule has 7 aromatic carbocycles. The van der Waals surface area contributed by atoms with Crippen LogP contribution in [0.1, 0.15) is 140 Å². The van der Waals surface area contributed by atoms with Crippen molar-refractivity contribution in [2.75, 3.05) is 9.80 Å². The summed E-state index contributed by atoms with van der Waals surface area (Å²) in [6.07, 6.45) is 12.2. The van der Waals surface area contributed by atoms with E-state index in [1.807, 2.05) is 0 Å². The van der Waals surface area contributed by atoms with Crippen LogP contribution in [0.3, 0.4) is 0 Å². The molecule has 0 spiro atoms. The van der Waals surface area contributed by atoms with Gasteiger partial charge in [0.05, 0.1) is 11.4 Å². The van der Waals surface area contributed by atoms with Gasteiger partial charge in [0.1, 0.15) is 0 Å². The molecule has 0 N–H and O–H groups in total. The van der Waals surface area contributed by atoms with Crippen molar-refractivity contribution >= 4 is 55.7 Å². The molecule has 7 rings (SSSR count). The summed E-state index contributed by atoms with van der Waals surface area (Å²) in [4.78, 5) is 5.14. The number of fused-ring (bicyclic) bond motifs is 2. The molecule has 0 saturated heterocycles. The Hall–Kier alpha value is -5.34. The number of unbranched alkanes of at least 4 members (excludes halogenated alkanes) is 6. The lowest BCUT2D eigenvalue weighted by Crippen LogP contribution is -2.17. The number of hydrogen-bond donors (Lipinski definition) is 0. The van der Waals surface area contributed by atoms with E-state index >= 15 is 0 Å². The quantitative estimate of drug-likeness (QED) is 0.0544. The Labute approximate surface area is 375 Å². The highest BCUT2D eigenvalue weighted by molar-refractivity contribution is 6.23. The molecule has 7 aromatic rings. The highest BCUT2D eigenvalue weighted by Gasteiger charge is 2.28. The van der Waals surface area contributed by atoms with Crippen LogP contribution in [0.15, 0.2) is 133 Å². The second-order valence-corrected chi connectivity index (χ2v) is 20.0. The lowest BCUT2D eigenvalue weighted by molar-refractivity contribution is 0.590. The zero-order valence-electron chi connectivity index (χ0n) is 39.7. The van der Waals surface area contributed by atoms with Crippen LogP contribution < -0.4 is 9.80 Å². The molecule has 0 unspecified atom stereocenters. The molecule has 2 nitrogen and oxygen atoms in total. The van der Waals surface area contributed by atoms with Gasteiger partial charge in [-0.05, 0) is 133 Å². The summed E-state index contributed by atoms with van der Waals surface area (Å²) >= 11 is 0. The third-order valence-corrected chi connectivity index (χ3v) is 12.8. The summed E-state index contributed by atoms with van der Waals surface area (Å²) in [6.45, 7) is 23.0. The van der Waals surface area contributed by atoms with Gasteiger partial charge in [-0.3, -0.25) is 0 Å². The fourth-order valence-corrected chi connectivity index (χ4v) is 9.01. The van der Waals surface area contributed by atoms with Crippen LogP contribution in [0.25, 0.3) is 21.5 Å². The Kier molecular flexibility index (Phi) is 14.0. The second kappa shape index (κ2) is 19.4. The van der Waals surface area contributed by atoms with Crippen molar-refractivity contribution in [2.24, 2.45) is 0 Å². The van der Waals surface area contributed by atoms with Gasteiger partial charge in [-0.25, -0.2) is 0 Å². The van der Waals surface area contributed by atoms with E-state index in [1.54, 1.807) is 0 Å². The van der Waals surface area contributed by atoms with Gasteiger partial charge in [0.25, 0.3) is 0 Å². The predicted molar refractivity (Wildman–Crippen MR) is 273 cm³/mol. The fourth-order valence-electron chi connectivity index (χ4n) is 9.01. The summed E-state index contributed by atoms with van der Waals surface area (Å²) in [5, 5.41) is 5.00. The van der Waals surface area contributed by atoms with Gasteiger partial charge in [-0.15, -0.1) is 0 Å². The van der Waals surface area contributed by atoms with E-state index in [2.05, 4.69) is 212 Å². The van der Waals surface area contributed by atoms with Crippen molar-refractivity contribution < 1.29 is 0 Å². The number of benzene rings is 7. The minimum Gasteiger partial charge on any atom is -0.309 e. The van der Waals surface area contributed by atoms with E-state index in [1.165, 1.54) is 140 Å². The SMILES string of the molecule is CCCCCCc1cccc(N(c2ccc(C)cc2)c2c3ccc(C(C)(C)C)cc3c(N(c3ccc(C)cc3)c3cccc(CCCCCC)c3)c3ccc(C(C)(C)C)cc23)c1. The Morgan fingerprint density at radius 3 is 1.11 bits per heavy atom. The van der Waals surface area contributed by atoms with Crippen molar-refractivity contribution in [3.05, 3.63) is 167 Å². The largest absolute Gasteiger partial charge is 0.309 e. The minimum atomic E-state index is -0.0491. The Balaban J connectivity index is 1.61. The van der Waals surface area contributed by atoms with Crippen LogP contribution in [0.4, 0.5) is 34.1 Å². The number of rotatable bonds is 16. The molecule has 0 aromatic heterocycles. The zero-order valence-corrected chi connectivity index (χ0v) is 39.7. The molecule has 0 heterocycles. The summed E-state index contributed by atoms with van der Waals surface area (Å²) < 4.78 is 0. The van der Waals surface area contributed by atoms with Crippen LogP contribution in [0, 0.1) is 13.8 Å². The first-order chi connectivity index (χ1) is 29.8. The van der Waals surface area contributed by atoms with E-state index < -0.39 is 0 Å². The van der Waals surface area contributed by atoms with Gasteiger partial charge in [-0.2, -0.15) is 0 Å². The topological polar surface area (TPSA) is 6.48 Å². The van der Waals surface area contributed by atoms with E-state index in [9.17, 15) is 0 Å². The molecule has 0 aliphatic carbocycles. The van der Waals surface area contributed by atoms with Crippen LogP contribution in [0.2, 0.25) is 0 Å². The van der Waals surface area contributed by atoms with Crippen molar-refractivity contribution in [1.82, 2.24) is 0 Å². The number of hydrogen-bond acceptors (Lipinski definition) is 2. The van der Waals surface area contributed by atoms with Crippen LogP contribution in [-0.4, -0.2) is 0 Å². The first kappa shape index (κ1) is 44.7. The Bertz CT molecular complexity index is 2400. The lowest BCUT2D eigenvalue weighted by atomic mass is 9.82. The predicted octanol–water partition coefficient (Wildman–Crippen LogP) is 18.4. The van der Waals surface area contributed by atoms with E-state index in [0.717, 1.165) is 12.8 Å². The average molecular weight is 821 g/mol. The molecular weight excluding hydrogens is 749 g/mol. The van der Waals surface area contributed by atoms with Crippen molar-refractivity contribution in [3.63, 3.8) is 0 Å². The molecule has 0 aliphatic heterocycles. The molecule has 2 heteroatoms. The third-order valence-electron chi connectivity index (χ3n) is 12.8. The Morgan fingerprint density at radius 2 is 0.758 bits per heavy atom. The van der Waals surface area contributed by atoms with Crippen molar-refractivity contribution in [1.29, 1.82) is 0 Å². The highest BCUT2D eigenvalue weighted by atomic mass is 15.2. The molecule has 0 amide bonds. The van der Waals surface area contributed by atoms with Gasteiger partial charge in [0.15, 0.2) is 0 Å². The van der Waals surface area contributed by atoms with Crippen LogP contribution >= 0.6 is 0 Å². The number of nitrogens with zero attached hydrogens (tertiary/aromatic N) is 2. The molecule has 0 bridgehead atoms. The van der Waals surface area contributed by atoms with Crippen LogP contribution in [0.5, 0.6) is 0 Å². The average Bonchev–Trinajstić information content (AvgIpc) is 3.25. The first-order valence-corrected chi connectivity index (χ1v) is 23.7. The maximum absolute atomic E-state index is 2.57. The number of anilines is 6. The highest BCUT2D eigenvalue weighted by Crippen LogP contribution is 2.52. The normalized spacial score (nSPS) is 12.0. The van der Waals surface area contributed by atoms with Crippen molar-refractivity contribution in [2.45, 2.75) is 144 Å². The summed E-state index contributed by atoms with van der Waals surface area (Å²) in [7, 11) is 0. The standard InChI is InChI=1S/C60H72N2/c1-11-13-15-17-21-45-23-19-25-51(39-45)61(49-33-27-43(3)28-34-49)57-53-37-31-48(60(8,9)10)42-56(53)58(54-38-32-47(41-55(54)57)59(5,6)7)62(50-35-29-44(4)30-36-50)52-26-20-24-46(40-52)22-18-16-14-12-2/h19-20,23-42H,11-18,21-22H2,1-10H3. The van der Waals surface area contributed by atoms with E-state index in [4.69, 9.17) is 0 Å². The van der Waals surface area contributed by atoms with E-state index in [0.29, 0.717) is 0 Å². The fraction of sp³-hybridized carbons (Fsp3) is 0.367. The monoisotopic (exact) mass is 821 g/mol. The smallest absolute Gasteiger partial charge is 0.0620 e. The molecule has 0 saturated carbocycles. The molecule has 322 valence electrons. The summed E-state index contributed by atoms with van der Waals surface area (Å²) in [5.41, 5.74) is 15.0. The van der Waals surface area contributed by atoms with Gasteiger partial charge in [0, 0.05) is 44.3 Å². The first-order valence-electron chi connectivity index (χ1n) is 23.7. The molecule has 0 atom stereocenters. The van der Waals surface area contributed by atoms with E-state index in [-0.39, 0.29) is 10.8 Å². The summed E-state index contributed by atoms with van der Waals surface area (Å²) in [5.74, 6) is 0. The second-order valence-electron chi connectivity index (χ2n) is 20.0. The minimum absolute atomic E-state index is 0.0491.